The summed E-state index contributed by atoms with van der Waals surface area (Å²) in [6, 6.07) is 0. The third-order valence-electron chi connectivity index (χ3n) is 5.15. The summed E-state index contributed by atoms with van der Waals surface area (Å²) >= 11 is 0. The van der Waals surface area contributed by atoms with Crippen LogP contribution in [0.1, 0.15) is 60.3 Å². The normalized spacial score (nSPS) is 26.9. The Labute approximate surface area is 125 Å². The fraction of sp³-hybridized carbons (Fsp3) is 1.00. The molecule has 3 heteroatoms. The highest BCUT2D eigenvalue weighted by Gasteiger charge is 2.40. The van der Waals surface area contributed by atoms with Crippen molar-refractivity contribution >= 4 is 0 Å². The predicted octanol–water partition coefficient (Wildman–Crippen LogP) is 3.05. The van der Waals surface area contributed by atoms with E-state index in [1.54, 1.807) is 0 Å². The summed E-state index contributed by atoms with van der Waals surface area (Å²) in [6.07, 6.45) is 5.09. The molecule has 118 valence electrons. The van der Waals surface area contributed by atoms with E-state index in [1.165, 1.54) is 38.8 Å². The largest absolute Gasteiger partial charge is 0.381 e. The molecule has 0 amide bonds. The monoisotopic (exact) mass is 282 g/mol. The van der Waals surface area contributed by atoms with Crippen molar-refractivity contribution < 1.29 is 4.74 Å². The van der Waals surface area contributed by atoms with E-state index in [4.69, 9.17) is 4.74 Å². The minimum absolute atomic E-state index is 0.200. The molecule has 2 rings (SSSR count). The van der Waals surface area contributed by atoms with Gasteiger partial charge in [0.05, 0.1) is 0 Å². The summed E-state index contributed by atoms with van der Waals surface area (Å²) in [6.45, 7) is 17.1. The van der Waals surface area contributed by atoms with Crippen LogP contribution in [0.25, 0.3) is 0 Å². The Morgan fingerprint density at radius 2 is 1.75 bits per heavy atom. The lowest BCUT2D eigenvalue weighted by Crippen LogP contribution is -2.53. The van der Waals surface area contributed by atoms with Gasteiger partial charge in [0.1, 0.15) is 0 Å². The maximum Gasteiger partial charge on any atom is 0.0472 e. The molecule has 0 saturated carbocycles. The van der Waals surface area contributed by atoms with Crippen molar-refractivity contribution in [2.75, 3.05) is 32.8 Å². The zero-order chi connectivity index (χ0) is 14.9. The molecule has 2 aliphatic rings. The smallest absolute Gasteiger partial charge is 0.0472 e. The van der Waals surface area contributed by atoms with Gasteiger partial charge >= 0.3 is 0 Å². The molecular weight excluding hydrogens is 248 g/mol. The van der Waals surface area contributed by atoms with Crippen molar-refractivity contribution in [1.82, 2.24) is 10.2 Å². The fourth-order valence-corrected chi connectivity index (χ4v) is 3.51. The molecule has 0 unspecified atom stereocenters. The molecule has 0 aliphatic carbocycles. The first-order valence-corrected chi connectivity index (χ1v) is 8.30. The van der Waals surface area contributed by atoms with E-state index in [2.05, 4.69) is 44.8 Å². The second-order valence-corrected chi connectivity index (χ2v) is 8.55. The van der Waals surface area contributed by atoms with Gasteiger partial charge in [-0.05, 0) is 72.3 Å². The van der Waals surface area contributed by atoms with Gasteiger partial charge < -0.3 is 10.1 Å². The van der Waals surface area contributed by atoms with Crippen molar-refractivity contribution in [3.8, 4) is 0 Å². The zero-order valence-electron chi connectivity index (χ0n) is 14.2. The Hall–Kier alpha value is -0.120. The minimum atomic E-state index is 0.200. The SMILES string of the molecule is CC(C)(C)NCC1(CN2CCCC2(C)C)CCOCC1. The van der Waals surface area contributed by atoms with Crippen LogP contribution < -0.4 is 5.32 Å². The quantitative estimate of drug-likeness (QED) is 0.858. The first-order chi connectivity index (χ1) is 9.23. The molecule has 1 N–H and O–H groups in total. The van der Waals surface area contributed by atoms with Gasteiger partial charge in [-0.25, -0.2) is 0 Å². The van der Waals surface area contributed by atoms with Crippen LogP contribution in [0.3, 0.4) is 0 Å². The predicted molar refractivity (Wildman–Crippen MR) is 85.1 cm³/mol. The number of nitrogens with one attached hydrogen (secondary N) is 1. The molecule has 2 aliphatic heterocycles. The summed E-state index contributed by atoms with van der Waals surface area (Å²) in [5.74, 6) is 0. The summed E-state index contributed by atoms with van der Waals surface area (Å²) in [5, 5.41) is 3.75. The Morgan fingerprint density at radius 3 is 2.25 bits per heavy atom. The van der Waals surface area contributed by atoms with Gasteiger partial charge in [-0.15, -0.1) is 0 Å². The molecule has 0 spiro atoms. The Morgan fingerprint density at radius 1 is 1.10 bits per heavy atom. The topological polar surface area (TPSA) is 24.5 Å². The zero-order valence-corrected chi connectivity index (χ0v) is 14.2. The molecular formula is C17H34N2O. The minimum Gasteiger partial charge on any atom is -0.381 e. The molecule has 20 heavy (non-hydrogen) atoms. The third kappa shape index (κ3) is 4.19. The van der Waals surface area contributed by atoms with Gasteiger partial charge in [-0.2, -0.15) is 0 Å². The fourth-order valence-electron chi connectivity index (χ4n) is 3.51. The number of nitrogens with zero attached hydrogens (tertiary/aromatic N) is 1. The molecule has 2 saturated heterocycles. The first-order valence-electron chi connectivity index (χ1n) is 8.30. The number of likely N-dealkylation sites (tertiary alicyclic amines) is 1. The highest BCUT2D eigenvalue weighted by molar-refractivity contribution is 4.95. The molecule has 0 aromatic rings. The Balaban J connectivity index is 2.03. The van der Waals surface area contributed by atoms with Crippen LogP contribution >= 0.6 is 0 Å². The Kier molecular flexibility index (Phi) is 4.83. The summed E-state index contributed by atoms with van der Waals surface area (Å²) in [4.78, 5) is 2.72. The number of hydrogen-bond acceptors (Lipinski definition) is 3. The highest BCUT2D eigenvalue weighted by atomic mass is 16.5. The number of rotatable bonds is 4. The Bertz CT molecular complexity index is 313. The van der Waals surface area contributed by atoms with Crippen LogP contribution in [0.2, 0.25) is 0 Å². The molecule has 0 atom stereocenters. The van der Waals surface area contributed by atoms with Crippen molar-refractivity contribution in [3.63, 3.8) is 0 Å². The van der Waals surface area contributed by atoms with E-state index >= 15 is 0 Å². The third-order valence-corrected chi connectivity index (χ3v) is 5.15. The maximum atomic E-state index is 5.63. The van der Waals surface area contributed by atoms with E-state index < -0.39 is 0 Å². The standard InChI is InChI=1S/C17H34N2O/c1-15(2,3)18-13-17(8-11-20-12-9-17)14-19-10-6-7-16(19,4)5/h18H,6-14H2,1-5H3. The second-order valence-electron chi connectivity index (χ2n) is 8.55. The second kappa shape index (κ2) is 5.94. The lowest BCUT2D eigenvalue weighted by atomic mass is 9.78. The average molecular weight is 282 g/mol. The van der Waals surface area contributed by atoms with Crippen molar-refractivity contribution in [3.05, 3.63) is 0 Å². The van der Waals surface area contributed by atoms with Crippen molar-refractivity contribution in [2.45, 2.75) is 71.4 Å². The van der Waals surface area contributed by atoms with Gasteiger partial charge in [0, 0.05) is 37.4 Å². The lowest BCUT2D eigenvalue weighted by molar-refractivity contribution is -0.0171. The lowest BCUT2D eigenvalue weighted by Gasteiger charge is -2.45. The summed E-state index contributed by atoms with van der Waals surface area (Å²) < 4.78 is 5.63. The van der Waals surface area contributed by atoms with Gasteiger partial charge in [0.25, 0.3) is 0 Å². The molecule has 0 radical (unpaired) electrons. The number of ether oxygens (including phenoxy) is 1. The van der Waals surface area contributed by atoms with Crippen molar-refractivity contribution in [1.29, 1.82) is 0 Å². The molecule has 3 nitrogen and oxygen atoms in total. The first kappa shape index (κ1) is 16.3. The van der Waals surface area contributed by atoms with E-state index in [1.807, 2.05) is 0 Å². The number of hydrogen-bond donors (Lipinski definition) is 1. The maximum absolute atomic E-state index is 5.63. The van der Waals surface area contributed by atoms with E-state index in [0.717, 1.165) is 19.8 Å². The van der Waals surface area contributed by atoms with Crippen LogP contribution in [-0.2, 0) is 4.74 Å². The highest BCUT2D eigenvalue weighted by Crippen LogP contribution is 2.37. The molecule has 0 aromatic carbocycles. The summed E-state index contributed by atoms with van der Waals surface area (Å²) in [7, 11) is 0. The van der Waals surface area contributed by atoms with Crippen LogP contribution in [0.15, 0.2) is 0 Å². The van der Waals surface area contributed by atoms with Gasteiger partial charge in [0.15, 0.2) is 0 Å². The van der Waals surface area contributed by atoms with Crippen LogP contribution in [0, 0.1) is 5.41 Å². The van der Waals surface area contributed by atoms with Gasteiger partial charge in [-0.3, -0.25) is 4.90 Å². The van der Waals surface area contributed by atoms with Crippen LogP contribution in [-0.4, -0.2) is 48.8 Å². The average Bonchev–Trinajstić information content (AvgIpc) is 2.67. The summed E-state index contributed by atoms with van der Waals surface area (Å²) in [5.41, 5.74) is 0.978. The van der Waals surface area contributed by atoms with Gasteiger partial charge in [0.2, 0.25) is 0 Å². The van der Waals surface area contributed by atoms with Gasteiger partial charge in [-0.1, -0.05) is 0 Å². The molecule has 0 aromatic heterocycles. The van der Waals surface area contributed by atoms with E-state index in [9.17, 15) is 0 Å². The van der Waals surface area contributed by atoms with Crippen LogP contribution in [0.5, 0.6) is 0 Å². The van der Waals surface area contributed by atoms with Crippen molar-refractivity contribution in [2.24, 2.45) is 5.41 Å². The molecule has 2 heterocycles. The molecule has 2 fully saturated rings. The van der Waals surface area contributed by atoms with Crippen LogP contribution in [0.4, 0.5) is 0 Å². The molecule has 0 bridgehead atoms. The van der Waals surface area contributed by atoms with E-state index in [-0.39, 0.29) is 5.54 Å². The van der Waals surface area contributed by atoms with E-state index in [0.29, 0.717) is 11.0 Å².